The first kappa shape index (κ1) is 15.5. The predicted molar refractivity (Wildman–Crippen MR) is 81.2 cm³/mol. The number of hydrogen-bond donors (Lipinski definition) is 2. The van der Waals surface area contributed by atoms with E-state index in [9.17, 15) is 9.59 Å². The average Bonchev–Trinajstić information content (AvgIpc) is 2.77. The SMILES string of the molecule is CC(C)C(CN)C(=O)N1CC(CC(=O)O)c2ccccc21. The van der Waals surface area contributed by atoms with Gasteiger partial charge in [-0.25, -0.2) is 0 Å². The van der Waals surface area contributed by atoms with Crippen LogP contribution in [-0.4, -0.2) is 30.1 Å². The Morgan fingerprint density at radius 1 is 1.38 bits per heavy atom. The fourth-order valence-electron chi connectivity index (χ4n) is 2.95. The molecule has 21 heavy (non-hydrogen) atoms. The van der Waals surface area contributed by atoms with E-state index in [1.54, 1.807) is 4.90 Å². The summed E-state index contributed by atoms with van der Waals surface area (Å²) >= 11 is 0. The molecule has 2 unspecified atom stereocenters. The highest BCUT2D eigenvalue weighted by molar-refractivity contribution is 5.98. The summed E-state index contributed by atoms with van der Waals surface area (Å²) in [7, 11) is 0. The molecule has 0 spiro atoms. The first-order chi connectivity index (χ1) is 9.95. The Labute approximate surface area is 124 Å². The third-order valence-electron chi connectivity index (χ3n) is 4.13. The molecule has 0 bridgehead atoms. The molecule has 1 aliphatic heterocycles. The van der Waals surface area contributed by atoms with E-state index in [4.69, 9.17) is 10.8 Å². The average molecular weight is 290 g/mol. The fourth-order valence-corrected chi connectivity index (χ4v) is 2.95. The largest absolute Gasteiger partial charge is 0.481 e. The van der Waals surface area contributed by atoms with Gasteiger partial charge in [0.1, 0.15) is 0 Å². The highest BCUT2D eigenvalue weighted by Crippen LogP contribution is 2.39. The number of carboxylic acid groups (broad SMARTS) is 1. The lowest BCUT2D eigenvalue weighted by molar-refractivity contribution is -0.137. The zero-order valence-electron chi connectivity index (χ0n) is 12.5. The lowest BCUT2D eigenvalue weighted by atomic mass is 9.94. The van der Waals surface area contributed by atoms with Crippen LogP contribution in [0.1, 0.15) is 31.7 Å². The molecule has 0 fully saturated rings. The van der Waals surface area contributed by atoms with Crippen LogP contribution in [0.2, 0.25) is 0 Å². The molecular weight excluding hydrogens is 268 g/mol. The molecule has 1 heterocycles. The van der Waals surface area contributed by atoms with E-state index in [1.807, 2.05) is 38.1 Å². The Morgan fingerprint density at radius 3 is 2.62 bits per heavy atom. The summed E-state index contributed by atoms with van der Waals surface area (Å²) in [5, 5.41) is 9.04. The standard InChI is InChI=1S/C16H22N2O3/c1-10(2)13(8-17)16(21)18-9-11(7-15(19)20)12-5-3-4-6-14(12)18/h3-6,10-11,13H,7-9,17H2,1-2H3,(H,19,20). The number of aliphatic carboxylic acids is 1. The zero-order valence-corrected chi connectivity index (χ0v) is 12.5. The molecule has 5 nitrogen and oxygen atoms in total. The van der Waals surface area contributed by atoms with Gasteiger partial charge in [0, 0.05) is 24.7 Å². The van der Waals surface area contributed by atoms with Gasteiger partial charge in [0.2, 0.25) is 5.91 Å². The number of carbonyl (C=O) groups is 2. The van der Waals surface area contributed by atoms with Gasteiger partial charge in [-0.2, -0.15) is 0 Å². The van der Waals surface area contributed by atoms with Crippen molar-refractivity contribution in [1.82, 2.24) is 0 Å². The highest BCUT2D eigenvalue weighted by Gasteiger charge is 2.36. The summed E-state index contributed by atoms with van der Waals surface area (Å²) in [4.78, 5) is 25.4. The molecule has 1 amide bonds. The van der Waals surface area contributed by atoms with Crippen molar-refractivity contribution in [2.45, 2.75) is 26.2 Å². The second kappa shape index (κ2) is 6.26. The van der Waals surface area contributed by atoms with E-state index in [0.717, 1.165) is 11.3 Å². The topological polar surface area (TPSA) is 83.6 Å². The van der Waals surface area contributed by atoms with Crippen molar-refractivity contribution in [3.63, 3.8) is 0 Å². The van der Waals surface area contributed by atoms with Crippen molar-refractivity contribution >= 4 is 17.6 Å². The Bertz CT molecular complexity index is 542. The maximum absolute atomic E-state index is 12.7. The molecular formula is C16H22N2O3. The number of benzene rings is 1. The maximum Gasteiger partial charge on any atom is 0.304 e. The molecule has 2 atom stereocenters. The van der Waals surface area contributed by atoms with Crippen molar-refractivity contribution in [2.24, 2.45) is 17.6 Å². The predicted octanol–water partition coefficient (Wildman–Crippen LogP) is 1.82. The van der Waals surface area contributed by atoms with Gasteiger partial charge in [-0.3, -0.25) is 9.59 Å². The third kappa shape index (κ3) is 3.08. The van der Waals surface area contributed by atoms with Crippen LogP contribution in [0.5, 0.6) is 0 Å². The van der Waals surface area contributed by atoms with Crippen molar-refractivity contribution in [3.05, 3.63) is 29.8 Å². The second-order valence-electron chi connectivity index (χ2n) is 5.89. The van der Waals surface area contributed by atoms with E-state index in [2.05, 4.69) is 0 Å². The Morgan fingerprint density at radius 2 is 2.05 bits per heavy atom. The van der Waals surface area contributed by atoms with Gasteiger partial charge in [0.15, 0.2) is 0 Å². The number of carboxylic acids is 1. The number of amides is 1. The van der Waals surface area contributed by atoms with Crippen LogP contribution < -0.4 is 10.6 Å². The van der Waals surface area contributed by atoms with Crippen LogP contribution in [-0.2, 0) is 9.59 Å². The van der Waals surface area contributed by atoms with Crippen LogP contribution in [0.3, 0.4) is 0 Å². The van der Waals surface area contributed by atoms with Crippen LogP contribution in [0.4, 0.5) is 5.69 Å². The number of para-hydroxylation sites is 1. The number of hydrogen-bond acceptors (Lipinski definition) is 3. The second-order valence-corrected chi connectivity index (χ2v) is 5.89. The van der Waals surface area contributed by atoms with Crippen molar-refractivity contribution in [3.8, 4) is 0 Å². The fraction of sp³-hybridized carbons (Fsp3) is 0.500. The van der Waals surface area contributed by atoms with Gasteiger partial charge in [-0.1, -0.05) is 32.0 Å². The number of nitrogens with two attached hydrogens (primary N) is 1. The molecule has 0 aliphatic carbocycles. The molecule has 0 radical (unpaired) electrons. The van der Waals surface area contributed by atoms with Crippen LogP contribution in [0, 0.1) is 11.8 Å². The monoisotopic (exact) mass is 290 g/mol. The van der Waals surface area contributed by atoms with Crippen LogP contribution >= 0.6 is 0 Å². The molecule has 0 saturated heterocycles. The minimum absolute atomic E-state index is 0.00663. The smallest absolute Gasteiger partial charge is 0.304 e. The molecule has 1 aliphatic rings. The minimum Gasteiger partial charge on any atom is -0.481 e. The quantitative estimate of drug-likeness (QED) is 0.866. The number of carbonyl (C=O) groups excluding carboxylic acids is 1. The summed E-state index contributed by atoms with van der Waals surface area (Å²) in [5.41, 5.74) is 7.50. The summed E-state index contributed by atoms with van der Waals surface area (Å²) in [6.45, 7) is 4.69. The molecule has 1 aromatic carbocycles. The normalized spacial score (nSPS) is 18.7. The molecule has 3 N–H and O–H groups in total. The lowest BCUT2D eigenvalue weighted by Crippen LogP contribution is -2.41. The van der Waals surface area contributed by atoms with Gasteiger partial charge in [0.25, 0.3) is 0 Å². The maximum atomic E-state index is 12.7. The van der Waals surface area contributed by atoms with Gasteiger partial charge in [-0.05, 0) is 17.5 Å². The number of rotatable bonds is 5. The summed E-state index contributed by atoms with van der Waals surface area (Å²) in [6.07, 6.45) is 0.0375. The summed E-state index contributed by atoms with van der Waals surface area (Å²) in [6, 6.07) is 7.53. The molecule has 114 valence electrons. The van der Waals surface area contributed by atoms with Crippen molar-refractivity contribution in [1.29, 1.82) is 0 Å². The van der Waals surface area contributed by atoms with Gasteiger partial charge in [0.05, 0.1) is 12.3 Å². The van der Waals surface area contributed by atoms with Crippen LogP contribution in [0.25, 0.3) is 0 Å². The molecule has 0 saturated carbocycles. The first-order valence-electron chi connectivity index (χ1n) is 7.27. The van der Waals surface area contributed by atoms with Gasteiger partial charge in [-0.15, -0.1) is 0 Å². The highest BCUT2D eigenvalue weighted by atomic mass is 16.4. The first-order valence-corrected chi connectivity index (χ1v) is 7.27. The van der Waals surface area contributed by atoms with E-state index in [0.29, 0.717) is 13.1 Å². The van der Waals surface area contributed by atoms with E-state index in [1.165, 1.54) is 0 Å². The Kier molecular flexibility index (Phi) is 4.63. The Balaban J connectivity index is 2.30. The van der Waals surface area contributed by atoms with Gasteiger partial charge >= 0.3 is 5.97 Å². The lowest BCUT2D eigenvalue weighted by Gasteiger charge is -2.25. The summed E-state index contributed by atoms with van der Waals surface area (Å²) < 4.78 is 0. The van der Waals surface area contributed by atoms with Crippen molar-refractivity contribution in [2.75, 3.05) is 18.0 Å². The van der Waals surface area contributed by atoms with Gasteiger partial charge < -0.3 is 15.7 Å². The third-order valence-corrected chi connectivity index (χ3v) is 4.13. The Hall–Kier alpha value is -1.88. The molecule has 5 heteroatoms. The van der Waals surface area contributed by atoms with Crippen LogP contribution in [0.15, 0.2) is 24.3 Å². The minimum atomic E-state index is -0.844. The van der Waals surface area contributed by atoms with E-state index < -0.39 is 5.97 Å². The van der Waals surface area contributed by atoms with E-state index in [-0.39, 0.29) is 30.1 Å². The molecule has 0 aromatic heterocycles. The number of fused-ring (bicyclic) bond motifs is 1. The molecule has 2 rings (SSSR count). The number of anilines is 1. The van der Waals surface area contributed by atoms with Crippen molar-refractivity contribution < 1.29 is 14.7 Å². The zero-order chi connectivity index (χ0) is 15.6. The summed E-state index contributed by atoms with van der Waals surface area (Å²) in [5.74, 6) is -1.07. The molecule has 1 aromatic rings. The van der Waals surface area contributed by atoms with E-state index >= 15 is 0 Å². The number of nitrogens with zero attached hydrogens (tertiary/aromatic N) is 1.